The third-order valence-electron chi connectivity index (χ3n) is 5.19. The Labute approximate surface area is 147 Å². The molecule has 3 rings (SSSR count). The second kappa shape index (κ2) is 5.93. The lowest BCUT2D eigenvalue weighted by molar-refractivity contribution is 0.401. The lowest BCUT2D eigenvalue weighted by Crippen LogP contribution is -2.54. The highest BCUT2D eigenvalue weighted by molar-refractivity contribution is 7.01. The standard InChI is InChI=1S/C22H28OSi/c1-22(2,3)18-13-9-15-20(21(18)23-4)24(5,6)19-14-8-11-16-10-7-12-17(16)19/h7-9,11-15H,10H2,1-6H3. The Kier molecular flexibility index (Phi) is 4.21. The maximum Gasteiger partial charge on any atom is 0.122 e. The summed E-state index contributed by atoms with van der Waals surface area (Å²) in [4.78, 5) is 0. The van der Waals surface area contributed by atoms with Crippen LogP contribution in [0.2, 0.25) is 13.1 Å². The van der Waals surface area contributed by atoms with E-state index in [0.29, 0.717) is 0 Å². The van der Waals surface area contributed by atoms with Gasteiger partial charge in [0.25, 0.3) is 0 Å². The average molecular weight is 337 g/mol. The molecule has 0 unspecified atom stereocenters. The molecule has 2 aromatic rings. The van der Waals surface area contributed by atoms with Crippen LogP contribution in [0.5, 0.6) is 5.75 Å². The third-order valence-corrected chi connectivity index (χ3v) is 8.72. The van der Waals surface area contributed by atoms with Crippen molar-refractivity contribution in [2.45, 2.75) is 45.7 Å². The lowest BCUT2D eigenvalue weighted by Gasteiger charge is -2.31. The van der Waals surface area contributed by atoms with Crippen molar-refractivity contribution in [1.29, 1.82) is 0 Å². The van der Waals surface area contributed by atoms with E-state index in [-0.39, 0.29) is 5.41 Å². The maximum absolute atomic E-state index is 5.95. The van der Waals surface area contributed by atoms with Crippen LogP contribution in [0.25, 0.3) is 6.08 Å². The molecular weight excluding hydrogens is 308 g/mol. The highest BCUT2D eigenvalue weighted by Crippen LogP contribution is 2.32. The number of fused-ring (bicyclic) bond motifs is 1. The highest BCUT2D eigenvalue weighted by atomic mass is 28.3. The van der Waals surface area contributed by atoms with Gasteiger partial charge in [-0.3, -0.25) is 0 Å². The van der Waals surface area contributed by atoms with Crippen LogP contribution in [0.3, 0.4) is 0 Å². The first-order valence-corrected chi connectivity index (χ1v) is 11.7. The van der Waals surface area contributed by atoms with Crippen LogP contribution in [0.4, 0.5) is 0 Å². The number of allylic oxidation sites excluding steroid dienone is 1. The Morgan fingerprint density at radius 2 is 1.62 bits per heavy atom. The van der Waals surface area contributed by atoms with E-state index in [0.717, 1.165) is 12.2 Å². The normalized spacial score (nSPS) is 13.9. The van der Waals surface area contributed by atoms with Gasteiger partial charge in [0, 0.05) is 0 Å². The second-order valence-electron chi connectivity index (χ2n) is 8.25. The fourth-order valence-corrected chi connectivity index (χ4v) is 6.86. The van der Waals surface area contributed by atoms with Gasteiger partial charge in [0.15, 0.2) is 0 Å². The Bertz CT molecular complexity index is 794. The molecule has 0 N–H and O–H groups in total. The van der Waals surface area contributed by atoms with Crippen LogP contribution in [0, 0.1) is 0 Å². The molecular formula is C22H28OSi. The van der Waals surface area contributed by atoms with E-state index in [2.05, 4.69) is 82.4 Å². The molecule has 0 amide bonds. The van der Waals surface area contributed by atoms with Gasteiger partial charge < -0.3 is 4.74 Å². The summed E-state index contributed by atoms with van der Waals surface area (Å²) in [5, 5.41) is 2.91. The van der Waals surface area contributed by atoms with E-state index >= 15 is 0 Å². The first-order chi connectivity index (χ1) is 11.3. The minimum atomic E-state index is -1.86. The first kappa shape index (κ1) is 17.0. The largest absolute Gasteiger partial charge is 0.497 e. The number of methoxy groups -OCH3 is 1. The van der Waals surface area contributed by atoms with E-state index in [1.165, 1.54) is 27.1 Å². The summed E-state index contributed by atoms with van der Waals surface area (Å²) in [5.74, 6) is 1.08. The number of ether oxygens (including phenoxy) is 1. The van der Waals surface area contributed by atoms with E-state index in [9.17, 15) is 0 Å². The van der Waals surface area contributed by atoms with Gasteiger partial charge in [0.1, 0.15) is 13.8 Å². The van der Waals surface area contributed by atoms with Crippen molar-refractivity contribution >= 4 is 24.5 Å². The Morgan fingerprint density at radius 3 is 2.29 bits per heavy atom. The molecule has 0 spiro atoms. The molecule has 1 nitrogen and oxygen atoms in total. The zero-order valence-corrected chi connectivity index (χ0v) is 16.7. The average Bonchev–Trinajstić information content (AvgIpc) is 3.01. The minimum absolute atomic E-state index is 0.0738. The summed E-state index contributed by atoms with van der Waals surface area (Å²) in [6.07, 6.45) is 5.65. The molecule has 0 saturated heterocycles. The minimum Gasteiger partial charge on any atom is -0.497 e. The molecule has 126 valence electrons. The van der Waals surface area contributed by atoms with Crippen molar-refractivity contribution in [3.63, 3.8) is 0 Å². The summed E-state index contributed by atoms with van der Waals surface area (Å²) in [6, 6.07) is 13.5. The number of rotatable bonds is 3. The Balaban J connectivity index is 2.22. The Morgan fingerprint density at radius 1 is 0.958 bits per heavy atom. The van der Waals surface area contributed by atoms with E-state index in [1.54, 1.807) is 0 Å². The predicted octanol–water partition coefficient (Wildman–Crippen LogP) is 4.38. The number of hydrogen-bond donors (Lipinski definition) is 0. The van der Waals surface area contributed by atoms with Crippen molar-refractivity contribution in [3.05, 3.63) is 59.2 Å². The molecule has 24 heavy (non-hydrogen) atoms. The fraction of sp³-hybridized carbons (Fsp3) is 0.364. The first-order valence-electron chi connectivity index (χ1n) is 8.73. The van der Waals surface area contributed by atoms with E-state index in [1.807, 2.05) is 7.11 Å². The monoisotopic (exact) mass is 336 g/mol. The molecule has 0 bridgehead atoms. The van der Waals surface area contributed by atoms with Gasteiger partial charge in [0.2, 0.25) is 0 Å². The number of para-hydroxylation sites is 1. The molecule has 0 radical (unpaired) electrons. The second-order valence-corrected chi connectivity index (χ2v) is 12.6. The fourth-order valence-electron chi connectivity index (χ4n) is 3.82. The molecule has 1 aliphatic rings. The van der Waals surface area contributed by atoms with Crippen LogP contribution in [0.15, 0.2) is 42.5 Å². The van der Waals surface area contributed by atoms with Gasteiger partial charge in [-0.05, 0) is 38.9 Å². The van der Waals surface area contributed by atoms with Crippen LogP contribution < -0.4 is 15.1 Å². The van der Waals surface area contributed by atoms with E-state index < -0.39 is 8.07 Å². The van der Waals surface area contributed by atoms with Crippen molar-refractivity contribution in [1.82, 2.24) is 0 Å². The highest BCUT2D eigenvalue weighted by Gasteiger charge is 2.34. The summed E-state index contributed by atoms with van der Waals surface area (Å²) < 4.78 is 5.95. The SMILES string of the molecule is COc1c(C(C)(C)C)cccc1[Si](C)(C)c1cccc2c1C=CC2. The van der Waals surface area contributed by atoms with Crippen LogP contribution in [-0.4, -0.2) is 15.2 Å². The van der Waals surface area contributed by atoms with Crippen LogP contribution in [0.1, 0.15) is 37.5 Å². The zero-order valence-electron chi connectivity index (χ0n) is 15.7. The number of hydrogen-bond acceptors (Lipinski definition) is 1. The van der Waals surface area contributed by atoms with Crippen molar-refractivity contribution in [2.24, 2.45) is 0 Å². The van der Waals surface area contributed by atoms with Crippen LogP contribution in [-0.2, 0) is 11.8 Å². The molecule has 2 heteroatoms. The topological polar surface area (TPSA) is 9.23 Å². The molecule has 0 aliphatic heterocycles. The maximum atomic E-state index is 5.95. The molecule has 0 heterocycles. The molecule has 0 atom stereocenters. The quantitative estimate of drug-likeness (QED) is 0.756. The summed E-state index contributed by atoms with van der Waals surface area (Å²) in [5.41, 5.74) is 4.27. The lowest BCUT2D eigenvalue weighted by atomic mass is 9.86. The van der Waals surface area contributed by atoms with Crippen molar-refractivity contribution in [3.8, 4) is 5.75 Å². The van der Waals surface area contributed by atoms with Crippen LogP contribution >= 0.6 is 0 Å². The zero-order chi connectivity index (χ0) is 17.5. The molecule has 0 aromatic heterocycles. The third kappa shape index (κ3) is 2.73. The summed E-state index contributed by atoms with van der Waals surface area (Å²) >= 11 is 0. The van der Waals surface area contributed by atoms with Gasteiger partial charge in [-0.15, -0.1) is 0 Å². The number of benzene rings is 2. The van der Waals surface area contributed by atoms with Crippen molar-refractivity contribution < 1.29 is 4.74 Å². The smallest absolute Gasteiger partial charge is 0.122 e. The molecule has 1 aliphatic carbocycles. The molecule has 2 aromatic carbocycles. The predicted molar refractivity (Wildman–Crippen MR) is 108 cm³/mol. The van der Waals surface area contributed by atoms with Gasteiger partial charge in [0.05, 0.1) is 7.11 Å². The molecule has 0 saturated carbocycles. The van der Waals surface area contributed by atoms with Gasteiger partial charge >= 0.3 is 0 Å². The Hall–Kier alpha value is -1.80. The summed E-state index contributed by atoms with van der Waals surface area (Å²) in [6.45, 7) is 11.7. The van der Waals surface area contributed by atoms with E-state index in [4.69, 9.17) is 4.74 Å². The summed E-state index contributed by atoms with van der Waals surface area (Å²) in [7, 11) is -0.0510. The molecule has 0 fully saturated rings. The van der Waals surface area contributed by atoms with Crippen molar-refractivity contribution in [2.75, 3.05) is 7.11 Å². The van der Waals surface area contributed by atoms with Gasteiger partial charge in [-0.1, -0.05) is 82.4 Å². The van der Waals surface area contributed by atoms with Gasteiger partial charge in [-0.2, -0.15) is 0 Å². The van der Waals surface area contributed by atoms with Gasteiger partial charge in [-0.25, -0.2) is 0 Å².